The van der Waals surface area contributed by atoms with Gasteiger partial charge in [0.15, 0.2) is 0 Å². The molecular formula is C9H7N3O4. The van der Waals surface area contributed by atoms with Crippen LogP contribution in [-0.2, 0) is 0 Å². The Morgan fingerprint density at radius 3 is 2.62 bits per heavy atom. The van der Waals surface area contributed by atoms with Crippen molar-refractivity contribution in [3.05, 3.63) is 33.4 Å². The van der Waals surface area contributed by atoms with Gasteiger partial charge < -0.3 is 10.5 Å². The average molecular weight is 221 g/mol. The summed E-state index contributed by atoms with van der Waals surface area (Å²) in [6.07, 6.45) is 0. The molecule has 0 aliphatic heterocycles. The molecule has 0 aliphatic rings. The average Bonchev–Trinajstić information content (AvgIpc) is 2.26. The van der Waals surface area contributed by atoms with Crippen molar-refractivity contribution in [1.29, 1.82) is 5.26 Å². The van der Waals surface area contributed by atoms with Gasteiger partial charge in [-0.1, -0.05) is 0 Å². The molecule has 0 radical (unpaired) electrons. The summed E-state index contributed by atoms with van der Waals surface area (Å²) in [5.74, 6) is -0.878. The third-order valence-corrected chi connectivity index (χ3v) is 1.90. The van der Waals surface area contributed by atoms with Gasteiger partial charge in [0.2, 0.25) is 0 Å². The van der Waals surface area contributed by atoms with E-state index in [1.54, 1.807) is 6.07 Å². The Balaban J connectivity index is 3.55. The Labute approximate surface area is 90.2 Å². The zero-order valence-electron chi connectivity index (χ0n) is 8.26. The van der Waals surface area contributed by atoms with Crippen LogP contribution < -0.4 is 10.5 Å². The number of hydrogen-bond acceptors (Lipinski definition) is 5. The molecule has 1 amide bonds. The zero-order chi connectivity index (χ0) is 12.3. The fourth-order valence-electron chi connectivity index (χ4n) is 1.17. The minimum atomic E-state index is -0.950. The van der Waals surface area contributed by atoms with E-state index in [4.69, 9.17) is 15.7 Å². The van der Waals surface area contributed by atoms with E-state index in [2.05, 4.69) is 0 Å². The SMILES string of the molecule is COc1cc(C(N)=O)c([N+](=O)[O-])cc1C#N. The van der Waals surface area contributed by atoms with Crippen LogP contribution in [0.2, 0.25) is 0 Å². The first-order valence-electron chi connectivity index (χ1n) is 4.07. The van der Waals surface area contributed by atoms with Crippen molar-refractivity contribution in [2.45, 2.75) is 0 Å². The number of nitro benzene ring substituents is 1. The molecule has 0 bridgehead atoms. The van der Waals surface area contributed by atoms with Crippen molar-refractivity contribution in [1.82, 2.24) is 0 Å². The molecule has 1 aromatic carbocycles. The summed E-state index contributed by atoms with van der Waals surface area (Å²) in [6.45, 7) is 0. The van der Waals surface area contributed by atoms with Gasteiger partial charge in [-0.15, -0.1) is 0 Å². The second kappa shape index (κ2) is 4.27. The highest BCUT2D eigenvalue weighted by molar-refractivity contribution is 5.97. The van der Waals surface area contributed by atoms with Gasteiger partial charge in [-0.25, -0.2) is 0 Å². The normalized spacial score (nSPS) is 9.25. The Morgan fingerprint density at radius 2 is 2.25 bits per heavy atom. The maximum absolute atomic E-state index is 11.0. The van der Waals surface area contributed by atoms with Crippen LogP contribution in [0.1, 0.15) is 15.9 Å². The Kier molecular flexibility index (Phi) is 3.06. The number of amides is 1. The van der Waals surface area contributed by atoms with Crippen molar-refractivity contribution in [2.75, 3.05) is 7.11 Å². The van der Waals surface area contributed by atoms with Crippen LogP contribution in [0.3, 0.4) is 0 Å². The van der Waals surface area contributed by atoms with E-state index in [-0.39, 0.29) is 16.9 Å². The first kappa shape index (κ1) is 11.5. The predicted octanol–water partition coefficient (Wildman–Crippen LogP) is 0.574. The van der Waals surface area contributed by atoms with Gasteiger partial charge in [0.1, 0.15) is 22.9 Å². The molecule has 0 heterocycles. The van der Waals surface area contributed by atoms with E-state index in [9.17, 15) is 14.9 Å². The van der Waals surface area contributed by atoms with Crippen LogP contribution in [0.4, 0.5) is 5.69 Å². The number of benzene rings is 1. The number of nitrogens with zero attached hydrogens (tertiary/aromatic N) is 2. The lowest BCUT2D eigenvalue weighted by atomic mass is 10.1. The molecule has 7 heteroatoms. The van der Waals surface area contributed by atoms with Crippen molar-refractivity contribution in [3.8, 4) is 11.8 Å². The summed E-state index contributed by atoms with van der Waals surface area (Å²) >= 11 is 0. The molecule has 2 N–H and O–H groups in total. The van der Waals surface area contributed by atoms with Crippen molar-refractivity contribution < 1.29 is 14.5 Å². The van der Waals surface area contributed by atoms with Gasteiger partial charge in [0.25, 0.3) is 11.6 Å². The summed E-state index contributed by atoms with van der Waals surface area (Å²) in [5.41, 5.74) is 4.16. The summed E-state index contributed by atoms with van der Waals surface area (Å²) in [7, 11) is 1.28. The smallest absolute Gasteiger partial charge is 0.283 e. The highest BCUT2D eigenvalue weighted by atomic mass is 16.6. The van der Waals surface area contributed by atoms with Crippen LogP contribution in [0, 0.1) is 21.4 Å². The Morgan fingerprint density at radius 1 is 1.62 bits per heavy atom. The maximum atomic E-state index is 11.0. The third-order valence-electron chi connectivity index (χ3n) is 1.90. The lowest BCUT2D eigenvalue weighted by Gasteiger charge is -2.04. The number of hydrogen-bond donors (Lipinski definition) is 1. The molecule has 0 saturated heterocycles. The van der Waals surface area contributed by atoms with E-state index < -0.39 is 16.5 Å². The van der Waals surface area contributed by atoms with Gasteiger partial charge in [-0.2, -0.15) is 5.26 Å². The monoisotopic (exact) mass is 221 g/mol. The first-order valence-corrected chi connectivity index (χ1v) is 4.07. The Bertz CT molecular complexity index is 504. The number of nitrogens with two attached hydrogens (primary N) is 1. The van der Waals surface area contributed by atoms with Crippen LogP contribution in [0.5, 0.6) is 5.75 Å². The largest absolute Gasteiger partial charge is 0.495 e. The van der Waals surface area contributed by atoms with Gasteiger partial charge in [-0.05, 0) is 0 Å². The van der Waals surface area contributed by atoms with Gasteiger partial charge in [-0.3, -0.25) is 14.9 Å². The maximum Gasteiger partial charge on any atom is 0.283 e. The standard InChI is InChI=1S/C9H7N3O4/c1-16-8-3-6(9(11)13)7(12(14)15)2-5(8)4-10/h2-3H,1H3,(H2,11,13). The highest BCUT2D eigenvalue weighted by Gasteiger charge is 2.22. The lowest BCUT2D eigenvalue weighted by molar-refractivity contribution is -0.385. The fraction of sp³-hybridized carbons (Fsp3) is 0.111. The molecule has 0 fully saturated rings. The molecule has 0 unspecified atom stereocenters. The first-order chi connectivity index (χ1) is 7.51. The fourth-order valence-corrected chi connectivity index (χ4v) is 1.17. The quantitative estimate of drug-likeness (QED) is 0.591. The van der Waals surface area contributed by atoms with Crippen molar-refractivity contribution in [2.24, 2.45) is 5.73 Å². The third kappa shape index (κ3) is 1.90. The lowest BCUT2D eigenvalue weighted by Crippen LogP contribution is -2.14. The van der Waals surface area contributed by atoms with E-state index in [1.807, 2.05) is 0 Å². The molecule has 1 rings (SSSR count). The summed E-state index contributed by atoms with van der Waals surface area (Å²) in [6, 6.07) is 3.77. The minimum Gasteiger partial charge on any atom is -0.495 e. The number of carbonyl (C=O) groups is 1. The highest BCUT2D eigenvalue weighted by Crippen LogP contribution is 2.27. The number of nitriles is 1. The van der Waals surface area contributed by atoms with E-state index in [1.165, 1.54) is 7.11 Å². The summed E-state index contributed by atoms with van der Waals surface area (Å²) in [4.78, 5) is 20.8. The van der Waals surface area contributed by atoms with Crippen molar-refractivity contribution >= 4 is 11.6 Å². The van der Waals surface area contributed by atoms with Crippen LogP contribution in [0.15, 0.2) is 12.1 Å². The molecule has 7 nitrogen and oxygen atoms in total. The number of nitro groups is 1. The van der Waals surface area contributed by atoms with Gasteiger partial charge in [0, 0.05) is 12.1 Å². The molecule has 0 aliphatic carbocycles. The Hall–Kier alpha value is -2.62. The van der Waals surface area contributed by atoms with Crippen LogP contribution in [0.25, 0.3) is 0 Å². The van der Waals surface area contributed by atoms with Crippen LogP contribution >= 0.6 is 0 Å². The topological polar surface area (TPSA) is 119 Å². The summed E-state index contributed by atoms with van der Waals surface area (Å²) < 4.78 is 4.81. The number of carbonyl (C=O) groups excluding carboxylic acids is 1. The molecular weight excluding hydrogens is 214 g/mol. The van der Waals surface area contributed by atoms with Crippen molar-refractivity contribution in [3.63, 3.8) is 0 Å². The molecule has 0 spiro atoms. The molecule has 1 aromatic rings. The second-order valence-electron chi connectivity index (χ2n) is 2.80. The molecule has 0 atom stereocenters. The van der Waals surface area contributed by atoms with E-state index in [0.717, 1.165) is 12.1 Å². The molecule has 0 saturated carbocycles. The molecule has 0 aromatic heterocycles. The predicted molar refractivity (Wildman–Crippen MR) is 52.9 cm³/mol. The van der Waals surface area contributed by atoms with Gasteiger partial charge >= 0.3 is 0 Å². The number of methoxy groups -OCH3 is 1. The number of primary amides is 1. The molecule has 82 valence electrons. The number of rotatable bonds is 3. The molecule has 16 heavy (non-hydrogen) atoms. The van der Waals surface area contributed by atoms with Crippen LogP contribution in [-0.4, -0.2) is 17.9 Å². The number of ether oxygens (including phenoxy) is 1. The van der Waals surface area contributed by atoms with Gasteiger partial charge in [0.05, 0.1) is 12.0 Å². The van der Waals surface area contributed by atoms with E-state index >= 15 is 0 Å². The second-order valence-corrected chi connectivity index (χ2v) is 2.80. The summed E-state index contributed by atoms with van der Waals surface area (Å²) in [5, 5.41) is 19.4. The van der Waals surface area contributed by atoms with E-state index in [0.29, 0.717) is 0 Å². The zero-order valence-corrected chi connectivity index (χ0v) is 8.26. The minimum absolute atomic E-state index is 0.0285.